The molecule has 0 bridgehead atoms. The Morgan fingerprint density at radius 3 is 2.70 bits per heavy atom. The second-order valence-electron chi connectivity index (χ2n) is 5.43. The minimum atomic E-state index is -0.921. The molecule has 6 heteroatoms. The highest BCUT2D eigenvalue weighted by Gasteiger charge is 2.19. The number of carbonyl (C=O) groups excluding carboxylic acids is 1. The van der Waals surface area contributed by atoms with E-state index in [1.54, 1.807) is 10.9 Å². The first-order chi connectivity index (χ1) is 11.1. The predicted octanol–water partition coefficient (Wildman–Crippen LogP) is 1.97. The maximum absolute atomic E-state index is 12.1. The molecule has 1 heterocycles. The highest BCUT2D eigenvalue weighted by Crippen LogP contribution is 2.09. The molecule has 122 valence electrons. The van der Waals surface area contributed by atoms with Gasteiger partial charge in [-0.15, -0.1) is 0 Å². The van der Waals surface area contributed by atoms with Crippen LogP contribution in [0.5, 0.6) is 0 Å². The van der Waals surface area contributed by atoms with Crippen molar-refractivity contribution in [3.05, 3.63) is 53.9 Å². The first-order valence-corrected chi connectivity index (χ1v) is 7.67. The summed E-state index contributed by atoms with van der Waals surface area (Å²) >= 11 is 0. The number of nitrogens with zero attached hydrogens (tertiary/aromatic N) is 2. The number of carboxylic acids is 1. The monoisotopic (exact) mass is 315 g/mol. The van der Waals surface area contributed by atoms with E-state index in [0.29, 0.717) is 12.0 Å². The maximum Gasteiger partial charge on any atom is 0.308 e. The van der Waals surface area contributed by atoms with Crippen LogP contribution in [-0.2, 0) is 17.8 Å². The summed E-state index contributed by atoms with van der Waals surface area (Å²) in [5.41, 5.74) is 1.38. The van der Waals surface area contributed by atoms with Crippen molar-refractivity contribution in [2.24, 2.45) is 5.92 Å². The van der Waals surface area contributed by atoms with Gasteiger partial charge in [0.15, 0.2) is 0 Å². The third-order valence-electron chi connectivity index (χ3n) is 3.53. The smallest absolute Gasteiger partial charge is 0.308 e. The zero-order valence-electron chi connectivity index (χ0n) is 13.1. The van der Waals surface area contributed by atoms with Crippen molar-refractivity contribution < 1.29 is 14.7 Å². The van der Waals surface area contributed by atoms with Gasteiger partial charge in [0.2, 0.25) is 0 Å². The molecular weight excluding hydrogens is 294 g/mol. The molecule has 1 amide bonds. The molecule has 0 fully saturated rings. The standard InChI is InChI=1S/C17H21N3O3/c1-2-8-20-12-15(11-19-20)16(21)18-10-14(17(22)23)9-13-6-4-3-5-7-13/h3-7,11-12,14H,2,8-10H2,1H3,(H,18,21)(H,22,23). The van der Waals surface area contributed by atoms with Crippen LogP contribution in [0, 0.1) is 5.92 Å². The molecular formula is C17H21N3O3. The number of amides is 1. The third-order valence-corrected chi connectivity index (χ3v) is 3.53. The van der Waals surface area contributed by atoms with Crippen LogP contribution >= 0.6 is 0 Å². The molecule has 0 aliphatic heterocycles. The number of benzene rings is 1. The Bertz CT molecular complexity index is 652. The lowest BCUT2D eigenvalue weighted by molar-refractivity contribution is -0.141. The van der Waals surface area contributed by atoms with Gasteiger partial charge in [0, 0.05) is 19.3 Å². The summed E-state index contributed by atoms with van der Waals surface area (Å²) in [4.78, 5) is 23.5. The Morgan fingerprint density at radius 1 is 1.30 bits per heavy atom. The van der Waals surface area contributed by atoms with E-state index in [1.165, 1.54) is 6.20 Å². The van der Waals surface area contributed by atoms with Crippen molar-refractivity contribution in [3.8, 4) is 0 Å². The number of hydrogen-bond acceptors (Lipinski definition) is 3. The fourth-order valence-corrected chi connectivity index (χ4v) is 2.30. The fraction of sp³-hybridized carbons (Fsp3) is 0.353. The number of carboxylic acid groups (broad SMARTS) is 1. The normalized spacial score (nSPS) is 11.9. The van der Waals surface area contributed by atoms with Crippen LogP contribution in [0.4, 0.5) is 0 Å². The number of nitrogens with one attached hydrogen (secondary N) is 1. The molecule has 6 nitrogen and oxygen atoms in total. The summed E-state index contributed by atoms with van der Waals surface area (Å²) in [7, 11) is 0. The fourth-order valence-electron chi connectivity index (χ4n) is 2.30. The summed E-state index contributed by atoms with van der Waals surface area (Å²) in [6.07, 6.45) is 4.48. The number of aliphatic carboxylic acids is 1. The van der Waals surface area contributed by atoms with Crippen molar-refractivity contribution >= 4 is 11.9 Å². The summed E-state index contributed by atoms with van der Waals surface area (Å²) in [6.45, 7) is 2.86. The van der Waals surface area contributed by atoms with Crippen LogP contribution in [0.15, 0.2) is 42.7 Å². The molecule has 0 radical (unpaired) electrons. The highest BCUT2D eigenvalue weighted by atomic mass is 16.4. The summed E-state index contributed by atoms with van der Waals surface area (Å²) in [6, 6.07) is 9.39. The zero-order chi connectivity index (χ0) is 16.7. The Morgan fingerprint density at radius 2 is 2.04 bits per heavy atom. The van der Waals surface area contributed by atoms with Crippen LogP contribution in [0.2, 0.25) is 0 Å². The SMILES string of the molecule is CCCn1cc(C(=O)NCC(Cc2ccccc2)C(=O)O)cn1. The topological polar surface area (TPSA) is 84.2 Å². The minimum absolute atomic E-state index is 0.0853. The van der Waals surface area contributed by atoms with Crippen molar-refractivity contribution in [2.45, 2.75) is 26.3 Å². The molecule has 0 spiro atoms. The van der Waals surface area contributed by atoms with Crippen LogP contribution in [0.25, 0.3) is 0 Å². The van der Waals surface area contributed by atoms with Crippen LogP contribution < -0.4 is 5.32 Å². The van der Waals surface area contributed by atoms with Gasteiger partial charge in [0.1, 0.15) is 0 Å². The zero-order valence-corrected chi connectivity index (χ0v) is 13.1. The Kier molecular flexibility index (Phi) is 5.91. The van der Waals surface area contributed by atoms with E-state index in [4.69, 9.17) is 0 Å². The van der Waals surface area contributed by atoms with Gasteiger partial charge < -0.3 is 10.4 Å². The molecule has 1 aromatic carbocycles. The van der Waals surface area contributed by atoms with E-state index in [-0.39, 0.29) is 12.5 Å². The number of aromatic nitrogens is 2. The van der Waals surface area contributed by atoms with E-state index >= 15 is 0 Å². The van der Waals surface area contributed by atoms with Gasteiger partial charge in [0.25, 0.3) is 5.91 Å². The number of aryl methyl sites for hydroxylation is 1. The number of rotatable bonds is 8. The van der Waals surface area contributed by atoms with E-state index in [1.807, 2.05) is 37.3 Å². The van der Waals surface area contributed by atoms with Gasteiger partial charge in [-0.25, -0.2) is 0 Å². The average molecular weight is 315 g/mol. The minimum Gasteiger partial charge on any atom is -0.481 e. The number of carbonyl (C=O) groups is 2. The van der Waals surface area contributed by atoms with Crippen molar-refractivity contribution in [3.63, 3.8) is 0 Å². The molecule has 0 saturated heterocycles. The van der Waals surface area contributed by atoms with Gasteiger partial charge in [-0.1, -0.05) is 37.3 Å². The molecule has 1 atom stereocenters. The van der Waals surface area contributed by atoms with Crippen molar-refractivity contribution in [2.75, 3.05) is 6.54 Å². The van der Waals surface area contributed by atoms with Crippen molar-refractivity contribution in [1.82, 2.24) is 15.1 Å². The van der Waals surface area contributed by atoms with Gasteiger partial charge in [-0.2, -0.15) is 5.10 Å². The second-order valence-corrected chi connectivity index (χ2v) is 5.43. The Hall–Kier alpha value is -2.63. The van der Waals surface area contributed by atoms with E-state index in [2.05, 4.69) is 10.4 Å². The van der Waals surface area contributed by atoms with Gasteiger partial charge >= 0.3 is 5.97 Å². The van der Waals surface area contributed by atoms with E-state index in [0.717, 1.165) is 18.5 Å². The van der Waals surface area contributed by atoms with Crippen molar-refractivity contribution in [1.29, 1.82) is 0 Å². The van der Waals surface area contributed by atoms with Crippen LogP contribution in [0.1, 0.15) is 29.3 Å². The Labute approximate surface area is 135 Å². The molecule has 1 aromatic heterocycles. The second kappa shape index (κ2) is 8.12. The first kappa shape index (κ1) is 16.7. The van der Waals surface area contributed by atoms with Crippen LogP contribution in [0.3, 0.4) is 0 Å². The maximum atomic E-state index is 12.1. The lowest BCUT2D eigenvalue weighted by atomic mass is 9.99. The molecule has 23 heavy (non-hydrogen) atoms. The van der Waals surface area contributed by atoms with Crippen LogP contribution in [-0.4, -0.2) is 33.3 Å². The van der Waals surface area contributed by atoms with Gasteiger partial charge in [0.05, 0.1) is 17.7 Å². The van der Waals surface area contributed by atoms with E-state index < -0.39 is 11.9 Å². The summed E-state index contributed by atoms with van der Waals surface area (Å²) in [5.74, 6) is -1.88. The van der Waals surface area contributed by atoms with Gasteiger partial charge in [-0.3, -0.25) is 14.3 Å². The molecule has 0 aliphatic carbocycles. The Balaban J connectivity index is 1.92. The number of hydrogen-bond donors (Lipinski definition) is 2. The summed E-state index contributed by atoms with van der Waals surface area (Å²) in [5, 5.41) is 16.1. The molecule has 2 rings (SSSR count). The molecule has 0 saturated carbocycles. The van der Waals surface area contributed by atoms with Gasteiger partial charge in [-0.05, 0) is 18.4 Å². The lowest BCUT2D eigenvalue weighted by Gasteiger charge is -2.13. The van der Waals surface area contributed by atoms with E-state index in [9.17, 15) is 14.7 Å². The third kappa shape index (κ3) is 4.95. The molecule has 2 N–H and O–H groups in total. The predicted molar refractivity (Wildman–Crippen MR) is 86.1 cm³/mol. The largest absolute Gasteiger partial charge is 0.481 e. The highest BCUT2D eigenvalue weighted by molar-refractivity contribution is 5.93. The lowest BCUT2D eigenvalue weighted by Crippen LogP contribution is -2.34. The molecule has 2 aromatic rings. The average Bonchev–Trinajstić information content (AvgIpc) is 3.01. The summed E-state index contributed by atoms with van der Waals surface area (Å²) < 4.78 is 1.70. The quantitative estimate of drug-likeness (QED) is 0.780. The molecule has 0 aliphatic rings. The molecule has 1 unspecified atom stereocenters. The first-order valence-electron chi connectivity index (χ1n) is 7.67.